The third-order valence-electron chi connectivity index (χ3n) is 5.17. The third-order valence-corrected chi connectivity index (χ3v) is 7.05. The number of anilines is 1. The van der Waals surface area contributed by atoms with Crippen molar-refractivity contribution in [2.75, 3.05) is 57.4 Å². The number of carbonyl (C=O) groups excluding carboxylic acids is 1. The van der Waals surface area contributed by atoms with Crippen molar-refractivity contribution in [2.45, 2.75) is 17.7 Å². The third kappa shape index (κ3) is 3.56. The maximum atomic E-state index is 12.6. The molecule has 0 radical (unpaired) electrons. The highest BCUT2D eigenvalue weighted by Gasteiger charge is 2.34. The normalized spacial score (nSPS) is 22.5. The van der Waals surface area contributed by atoms with Crippen molar-refractivity contribution in [3.8, 4) is 0 Å². The first kappa shape index (κ1) is 17.7. The number of carbonyl (C=O) groups is 1. The molecule has 2 aliphatic heterocycles. The van der Waals surface area contributed by atoms with E-state index in [1.807, 2.05) is 4.90 Å². The summed E-state index contributed by atoms with van der Waals surface area (Å²) in [4.78, 5) is 20.7. The number of piperazine rings is 1. The minimum atomic E-state index is -3.51. The van der Waals surface area contributed by atoms with E-state index in [9.17, 15) is 13.2 Å². The van der Waals surface area contributed by atoms with Crippen molar-refractivity contribution in [1.82, 2.24) is 14.2 Å². The molecule has 3 fully saturated rings. The fourth-order valence-electron chi connectivity index (χ4n) is 3.39. The van der Waals surface area contributed by atoms with Gasteiger partial charge < -0.3 is 14.5 Å². The molecule has 0 unspecified atom stereocenters. The fraction of sp³-hybridized carbons (Fsp3) is 0.647. The van der Waals surface area contributed by atoms with Gasteiger partial charge in [0, 0.05) is 51.4 Å². The van der Waals surface area contributed by atoms with Gasteiger partial charge in [0.25, 0.3) is 0 Å². The van der Waals surface area contributed by atoms with Crippen LogP contribution in [0.2, 0.25) is 0 Å². The van der Waals surface area contributed by atoms with E-state index in [1.54, 1.807) is 12.1 Å². The maximum absolute atomic E-state index is 12.6. The van der Waals surface area contributed by atoms with Gasteiger partial charge in [0.15, 0.2) is 0 Å². The van der Waals surface area contributed by atoms with Gasteiger partial charge in [0.2, 0.25) is 15.9 Å². The van der Waals surface area contributed by atoms with Crippen LogP contribution in [-0.2, 0) is 19.6 Å². The van der Waals surface area contributed by atoms with Crippen LogP contribution in [0.5, 0.6) is 0 Å². The van der Waals surface area contributed by atoms with Crippen LogP contribution in [0, 0.1) is 5.92 Å². The fourth-order valence-corrected chi connectivity index (χ4v) is 4.75. The molecule has 2 saturated heterocycles. The molecule has 1 amide bonds. The molecule has 3 aliphatic rings. The zero-order chi connectivity index (χ0) is 18.1. The van der Waals surface area contributed by atoms with Crippen molar-refractivity contribution < 1.29 is 17.9 Å². The molecule has 9 heteroatoms. The first-order valence-corrected chi connectivity index (χ1v) is 10.6. The van der Waals surface area contributed by atoms with Crippen LogP contribution in [-0.4, -0.2) is 81.0 Å². The van der Waals surface area contributed by atoms with Crippen LogP contribution in [0.25, 0.3) is 0 Å². The van der Waals surface area contributed by atoms with Gasteiger partial charge in [-0.15, -0.1) is 0 Å². The molecule has 26 heavy (non-hydrogen) atoms. The predicted molar refractivity (Wildman–Crippen MR) is 95.3 cm³/mol. The van der Waals surface area contributed by atoms with Crippen LogP contribution in [0.15, 0.2) is 23.2 Å². The maximum Gasteiger partial charge on any atom is 0.244 e. The van der Waals surface area contributed by atoms with Gasteiger partial charge in [0.1, 0.15) is 10.7 Å². The smallest absolute Gasteiger partial charge is 0.244 e. The molecule has 3 heterocycles. The van der Waals surface area contributed by atoms with Crippen molar-refractivity contribution in [3.63, 3.8) is 0 Å². The first-order chi connectivity index (χ1) is 12.6. The minimum Gasteiger partial charge on any atom is -0.379 e. The molecule has 1 aromatic rings. The van der Waals surface area contributed by atoms with E-state index >= 15 is 0 Å². The van der Waals surface area contributed by atoms with E-state index in [4.69, 9.17) is 4.74 Å². The molecule has 1 saturated carbocycles. The number of hydrogen-bond acceptors (Lipinski definition) is 6. The summed E-state index contributed by atoms with van der Waals surface area (Å²) >= 11 is 0. The average molecular weight is 380 g/mol. The quantitative estimate of drug-likeness (QED) is 0.740. The zero-order valence-electron chi connectivity index (χ0n) is 14.7. The van der Waals surface area contributed by atoms with Crippen molar-refractivity contribution in [1.29, 1.82) is 0 Å². The highest BCUT2D eigenvalue weighted by atomic mass is 32.2. The number of hydrogen-bond donors (Lipinski definition) is 0. The molecular formula is C17H24N4O4S. The van der Waals surface area contributed by atoms with Crippen LogP contribution >= 0.6 is 0 Å². The van der Waals surface area contributed by atoms with Gasteiger partial charge in [-0.1, -0.05) is 0 Å². The second kappa shape index (κ2) is 7.13. The summed E-state index contributed by atoms with van der Waals surface area (Å²) in [7, 11) is -3.51. The van der Waals surface area contributed by atoms with E-state index in [-0.39, 0.29) is 16.7 Å². The van der Waals surface area contributed by atoms with Crippen LogP contribution in [0.4, 0.5) is 5.82 Å². The lowest BCUT2D eigenvalue weighted by molar-refractivity contribution is -0.132. The Morgan fingerprint density at radius 3 is 2.31 bits per heavy atom. The monoisotopic (exact) mass is 380 g/mol. The Morgan fingerprint density at radius 1 is 1.04 bits per heavy atom. The number of pyridine rings is 1. The van der Waals surface area contributed by atoms with E-state index in [0.717, 1.165) is 31.7 Å². The summed E-state index contributed by atoms with van der Waals surface area (Å²) in [5.74, 6) is 1.29. The van der Waals surface area contributed by atoms with Crippen molar-refractivity contribution in [2.24, 2.45) is 5.92 Å². The first-order valence-electron chi connectivity index (χ1n) is 9.13. The standard InChI is InChI=1S/C17H24N4O4S/c22-17(14-1-2-14)20-7-5-19(6-8-20)16-4-3-15(13-18-16)26(23,24)21-9-11-25-12-10-21/h3-4,13-14H,1-2,5-12H2. The SMILES string of the molecule is O=C(C1CC1)N1CCN(c2ccc(S(=O)(=O)N3CCOCC3)cn2)CC1. The summed E-state index contributed by atoms with van der Waals surface area (Å²) < 4.78 is 31.9. The number of rotatable bonds is 4. The number of morpholine rings is 1. The van der Waals surface area contributed by atoms with Gasteiger partial charge in [0.05, 0.1) is 13.2 Å². The highest BCUT2D eigenvalue weighted by Crippen LogP contribution is 2.31. The van der Waals surface area contributed by atoms with Crippen molar-refractivity contribution in [3.05, 3.63) is 18.3 Å². The van der Waals surface area contributed by atoms with Crippen LogP contribution in [0.1, 0.15) is 12.8 Å². The van der Waals surface area contributed by atoms with Crippen molar-refractivity contribution >= 4 is 21.7 Å². The number of ether oxygens (including phenoxy) is 1. The topological polar surface area (TPSA) is 83.1 Å². The highest BCUT2D eigenvalue weighted by molar-refractivity contribution is 7.89. The largest absolute Gasteiger partial charge is 0.379 e. The second-order valence-corrected chi connectivity index (χ2v) is 8.89. The van der Waals surface area contributed by atoms with E-state index in [2.05, 4.69) is 9.88 Å². The molecule has 0 bridgehead atoms. The predicted octanol–water partition coefficient (Wildman–Crippen LogP) is 0.161. The van der Waals surface area contributed by atoms with Crippen LogP contribution in [0.3, 0.4) is 0 Å². The number of aromatic nitrogens is 1. The van der Waals surface area contributed by atoms with E-state index in [0.29, 0.717) is 39.4 Å². The lowest BCUT2D eigenvalue weighted by Gasteiger charge is -2.35. The Bertz CT molecular complexity index is 749. The Balaban J connectivity index is 1.39. The zero-order valence-corrected chi connectivity index (χ0v) is 15.5. The molecule has 0 N–H and O–H groups in total. The van der Waals surface area contributed by atoms with Gasteiger partial charge >= 0.3 is 0 Å². The number of sulfonamides is 1. The molecule has 0 atom stereocenters. The summed E-state index contributed by atoms with van der Waals surface area (Å²) in [6, 6.07) is 3.38. The Morgan fingerprint density at radius 2 is 1.73 bits per heavy atom. The molecule has 0 spiro atoms. The van der Waals surface area contributed by atoms with E-state index < -0.39 is 10.0 Å². The molecule has 8 nitrogen and oxygen atoms in total. The second-order valence-electron chi connectivity index (χ2n) is 6.96. The van der Waals surface area contributed by atoms with Crippen LogP contribution < -0.4 is 4.90 Å². The number of amides is 1. The lowest BCUT2D eigenvalue weighted by atomic mass is 10.2. The van der Waals surface area contributed by atoms with Gasteiger partial charge in [-0.25, -0.2) is 13.4 Å². The Kier molecular flexibility index (Phi) is 4.85. The van der Waals surface area contributed by atoms with Gasteiger partial charge in [-0.3, -0.25) is 4.79 Å². The molecular weight excluding hydrogens is 356 g/mol. The Labute approximate surface area is 153 Å². The number of nitrogens with zero attached hydrogens (tertiary/aromatic N) is 4. The molecule has 142 valence electrons. The van der Waals surface area contributed by atoms with Gasteiger partial charge in [-0.2, -0.15) is 4.31 Å². The lowest BCUT2D eigenvalue weighted by Crippen LogP contribution is -2.49. The molecule has 1 aromatic heterocycles. The summed E-state index contributed by atoms with van der Waals surface area (Å²) in [6.45, 7) is 4.45. The van der Waals surface area contributed by atoms with E-state index in [1.165, 1.54) is 10.5 Å². The van der Waals surface area contributed by atoms with Gasteiger partial charge in [-0.05, 0) is 25.0 Å². The summed E-state index contributed by atoms with van der Waals surface area (Å²) in [5.41, 5.74) is 0. The summed E-state index contributed by atoms with van der Waals surface area (Å²) in [6.07, 6.45) is 3.49. The Hall–Kier alpha value is -1.71. The molecule has 4 rings (SSSR count). The average Bonchev–Trinajstić information content (AvgIpc) is 3.54. The molecule has 1 aliphatic carbocycles. The molecule has 0 aromatic carbocycles. The minimum absolute atomic E-state index is 0.214. The summed E-state index contributed by atoms with van der Waals surface area (Å²) in [5, 5.41) is 0.